The monoisotopic (exact) mass is 275 g/mol. The number of nitrogens with two attached hydrogens (primary N) is 1. The lowest BCUT2D eigenvalue weighted by atomic mass is 10.1. The van der Waals surface area contributed by atoms with Gasteiger partial charge in [0.1, 0.15) is 5.52 Å². The molecule has 0 bridgehead atoms. The molecule has 0 atom stereocenters. The maximum Gasteiger partial charge on any atom is 0.207 e. The van der Waals surface area contributed by atoms with Crippen LogP contribution in [-0.4, -0.2) is 19.5 Å². The van der Waals surface area contributed by atoms with Crippen molar-refractivity contribution in [2.45, 2.75) is 6.92 Å². The lowest BCUT2D eigenvalue weighted by molar-refractivity contribution is 1.08. The van der Waals surface area contributed by atoms with E-state index < -0.39 is 0 Å². The Morgan fingerprint density at radius 2 is 1.95 bits per heavy atom. The van der Waals surface area contributed by atoms with Crippen molar-refractivity contribution in [3.05, 3.63) is 54.5 Å². The highest BCUT2D eigenvalue weighted by molar-refractivity contribution is 5.92. The van der Waals surface area contributed by atoms with Gasteiger partial charge in [0.05, 0.1) is 5.69 Å². The molecule has 2 N–H and O–H groups in total. The van der Waals surface area contributed by atoms with Gasteiger partial charge >= 0.3 is 0 Å². The molecule has 0 aliphatic rings. The number of hydrogen-bond acceptors (Lipinski definition) is 4. The van der Waals surface area contributed by atoms with Crippen molar-refractivity contribution in [1.82, 2.24) is 19.5 Å². The Kier molecular flexibility index (Phi) is 2.41. The molecule has 0 aliphatic carbocycles. The van der Waals surface area contributed by atoms with E-state index in [4.69, 9.17) is 5.73 Å². The first kappa shape index (κ1) is 11.8. The molecular weight excluding hydrogens is 262 g/mol. The second-order valence-electron chi connectivity index (χ2n) is 4.97. The van der Waals surface area contributed by atoms with Crippen LogP contribution in [0, 0.1) is 6.92 Å². The van der Waals surface area contributed by atoms with Gasteiger partial charge in [-0.2, -0.15) is 0 Å². The maximum atomic E-state index is 6.12. The SMILES string of the molecule is Cc1ccc2nc(N)n(-c3cccc4ccncc34)c2n1. The Balaban J connectivity index is 2.14. The number of benzene rings is 1. The fourth-order valence-corrected chi connectivity index (χ4v) is 2.60. The van der Waals surface area contributed by atoms with Crippen molar-refractivity contribution in [2.24, 2.45) is 0 Å². The first-order chi connectivity index (χ1) is 10.2. The molecule has 0 amide bonds. The zero-order valence-electron chi connectivity index (χ0n) is 11.5. The number of nitrogens with zero attached hydrogens (tertiary/aromatic N) is 4. The van der Waals surface area contributed by atoms with Crippen LogP contribution in [0.2, 0.25) is 0 Å². The molecule has 0 radical (unpaired) electrons. The standard InChI is InChI=1S/C16H13N5/c1-10-5-6-13-15(19-10)21(16(17)20-13)14-4-2-3-11-7-8-18-9-12(11)14/h2-9H,1H3,(H2,17,20). The quantitative estimate of drug-likeness (QED) is 0.580. The van der Waals surface area contributed by atoms with E-state index in [0.717, 1.165) is 33.3 Å². The number of rotatable bonds is 1. The molecule has 0 saturated carbocycles. The minimum absolute atomic E-state index is 0.430. The third kappa shape index (κ3) is 1.74. The van der Waals surface area contributed by atoms with Crippen molar-refractivity contribution in [1.29, 1.82) is 0 Å². The molecule has 21 heavy (non-hydrogen) atoms. The highest BCUT2D eigenvalue weighted by Gasteiger charge is 2.13. The topological polar surface area (TPSA) is 69.6 Å². The second-order valence-corrected chi connectivity index (χ2v) is 4.97. The lowest BCUT2D eigenvalue weighted by Gasteiger charge is -2.09. The van der Waals surface area contributed by atoms with Gasteiger partial charge in [0.15, 0.2) is 5.65 Å². The lowest BCUT2D eigenvalue weighted by Crippen LogP contribution is -2.02. The smallest absolute Gasteiger partial charge is 0.207 e. The van der Waals surface area contributed by atoms with E-state index in [9.17, 15) is 0 Å². The molecule has 4 aromatic rings. The summed E-state index contributed by atoms with van der Waals surface area (Å²) in [7, 11) is 0. The molecule has 0 saturated heterocycles. The van der Waals surface area contributed by atoms with E-state index in [1.807, 2.05) is 48.0 Å². The van der Waals surface area contributed by atoms with E-state index in [2.05, 4.69) is 21.0 Å². The van der Waals surface area contributed by atoms with Crippen LogP contribution in [0.3, 0.4) is 0 Å². The van der Waals surface area contributed by atoms with Crippen LogP contribution in [0.5, 0.6) is 0 Å². The molecule has 3 heterocycles. The molecule has 4 rings (SSSR count). The molecule has 3 aromatic heterocycles. The first-order valence-corrected chi connectivity index (χ1v) is 6.69. The fraction of sp³-hybridized carbons (Fsp3) is 0.0625. The average molecular weight is 275 g/mol. The predicted molar refractivity (Wildman–Crippen MR) is 83.3 cm³/mol. The number of imidazole rings is 1. The number of nitrogen functional groups attached to an aromatic ring is 1. The number of hydrogen-bond donors (Lipinski definition) is 1. The fourth-order valence-electron chi connectivity index (χ4n) is 2.60. The zero-order chi connectivity index (χ0) is 14.4. The van der Waals surface area contributed by atoms with E-state index in [-0.39, 0.29) is 0 Å². The van der Waals surface area contributed by atoms with Crippen molar-refractivity contribution in [2.75, 3.05) is 5.73 Å². The minimum Gasteiger partial charge on any atom is -0.369 e. The normalized spacial score (nSPS) is 11.3. The molecule has 0 unspecified atom stereocenters. The van der Waals surface area contributed by atoms with Gasteiger partial charge in [0, 0.05) is 23.5 Å². The Morgan fingerprint density at radius 3 is 2.86 bits per heavy atom. The summed E-state index contributed by atoms with van der Waals surface area (Å²) in [5, 5.41) is 2.13. The maximum absolute atomic E-state index is 6.12. The van der Waals surface area contributed by atoms with Crippen LogP contribution in [0.25, 0.3) is 27.6 Å². The van der Waals surface area contributed by atoms with Crippen LogP contribution in [0.4, 0.5) is 5.95 Å². The van der Waals surface area contributed by atoms with Crippen LogP contribution in [0.15, 0.2) is 48.8 Å². The Hall–Kier alpha value is -2.95. The number of anilines is 1. The summed E-state index contributed by atoms with van der Waals surface area (Å²) < 4.78 is 1.88. The summed E-state index contributed by atoms with van der Waals surface area (Å²) in [6, 6.07) is 11.9. The number of aryl methyl sites for hydroxylation is 1. The van der Waals surface area contributed by atoms with E-state index in [1.165, 1.54) is 0 Å². The van der Waals surface area contributed by atoms with Crippen molar-refractivity contribution in [3.8, 4) is 5.69 Å². The molecule has 5 heteroatoms. The summed E-state index contributed by atoms with van der Waals surface area (Å²) in [5.74, 6) is 0.430. The average Bonchev–Trinajstić information content (AvgIpc) is 2.82. The van der Waals surface area contributed by atoms with Gasteiger partial charge in [-0.1, -0.05) is 12.1 Å². The van der Waals surface area contributed by atoms with Gasteiger partial charge in [-0.15, -0.1) is 0 Å². The third-order valence-corrected chi connectivity index (χ3v) is 3.57. The summed E-state index contributed by atoms with van der Waals surface area (Å²) in [6.45, 7) is 1.96. The number of aromatic nitrogens is 4. The van der Waals surface area contributed by atoms with Crippen molar-refractivity contribution >= 4 is 27.9 Å². The molecule has 102 valence electrons. The van der Waals surface area contributed by atoms with E-state index >= 15 is 0 Å². The van der Waals surface area contributed by atoms with Gasteiger partial charge in [-0.3, -0.25) is 9.55 Å². The van der Waals surface area contributed by atoms with Gasteiger partial charge < -0.3 is 5.73 Å². The van der Waals surface area contributed by atoms with Crippen LogP contribution in [0.1, 0.15) is 5.69 Å². The highest BCUT2D eigenvalue weighted by atomic mass is 15.2. The Labute approximate surface area is 121 Å². The molecule has 0 aliphatic heterocycles. The van der Waals surface area contributed by atoms with Crippen molar-refractivity contribution < 1.29 is 0 Å². The minimum atomic E-state index is 0.430. The molecule has 0 spiro atoms. The zero-order valence-corrected chi connectivity index (χ0v) is 11.5. The van der Waals surface area contributed by atoms with E-state index in [0.29, 0.717) is 5.95 Å². The van der Waals surface area contributed by atoms with Gasteiger partial charge in [0.2, 0.25) is 5.95 Å². The highest BCUT2D eigenvalue weighted by Crippen LogP contribution is 2.27. The van der Waals surface area contributed by atoms with Crippen LogP contribution < -0.4 is 5.73 Å². The van der Waals surface area contributed by atoms with Gasteiger partial charge in [-0.25, -0.2) is 9.97 Å². The first-order valence-electron chi connectivity index (χ1n) is 6.69. The van der Waals surface area contributed by atoms with Crippen molar-refractivity contribution in [3.63, 3.8) is 0 Å². The number of pyridine rings is 2. The molecule has 0 fully saturated rings. The molecule has 5 nitrogen and oxygen atoms in total. The summed E-state index contributed by atoms with van der Waals surface area (Å²) in [6.07, 6.45) is 3.62. The molecular formula is C16H13N5. The summed E-state index contributed by atoms with van der Waals surface area (Å²) in [5.41, 5.74) is 9.55. The largest absolute Gasteiger partial charge is 0.369 e. The van der Waals surface area contributed by atoms with Crippen LogP contribution >= 0.6 is 0 Å². The van der Waals surface area contributed by atoms with Gasteiger partial charge in [0.25, 0.3) is 0 Å². The Morgan fingerprint density at radius 1 is 1.05 bits per heavy atom. The Bertz CT molecular complexity index is 966. The van der Waals surface area contributed by atoms with Gasteiger partial charge in [-0.05, 0) is 36.6 Å². The molecule has 1 aromatic carbocycles. The third-order valence-electron chi connectivity index (χ3n) is 3.57. The van der Waals surface area contributed by atoms with Crippen LogP contribution in [-0.2, 0) is 0 Å². The summed E-state index contributed by atoms with van der Waals surface area (Å²) >= 11 is 0. The number of fused-ring (bicyclic) bond motifs is 2. The summed E-state index contributed by atoms with van der Waals surface area (Å²) in [4.78, 5) is 13.2. The van der Waals surface area contributed by atoms with E-state index in [1.54, 1.807) is 6.20 Å². The second kappa shape index (κ2) is 4.28. The predicted octanol–water partition coefficient (Wildman–Crippen LogP) is 2.86.